The summed E-state index contributed by atoms with van der Waals surface area (Å²) in [5.74, 6) is 0.944. The number of aromatic nitrogens is 3. The van der Waals surface area contributed by atoms with Crippen LogP contribution in [-0.4, -0.2) is 47.1 Å². The van der Waals surface area contributed by atoms with Gasteiger partial charge in [-0.1, -0.05) is 20.3 Å². The van der Waals surface area contributed by atoms with Crippen molar-refractivity contribution in [1.29, 1.82) is 0 Å². The number of ether oxygens (including phenoxy) is 1. The largest absolute Gasteiger partial charge is 0.494 e. The van der Waals surface area contributed by atoms with Gasteiger partial charge in [0.15, 0.2) is 0 Å². The van der Waals surface area contributed by atoms with E-state index in [2.05, 4.69) is 65.1 Å². The first-order valence-electron chi connectivity index (χ1n) is 12.1. The van der Waals surface area contributed by atoms with E-state index in [1.165, 1.54) is 11.4 Å². The van der Waals surface area contributed by atoms with Gasteiger partial charge in [-0.2, -0.15) is 5.10 Å². The Labute approximate surface area is 196 Å². The molecule has 33 heavy (non-hydrogen) atoms. The second-order valence-electron chi connectivity index (χ2n) is 8.67. The van der Waals surface area contributed by atoms with Gasteiger partial charge in [0, 0.05) is 37.6 Å². The third-order valence-corrected chi connectivity index (χ3v) is 6.44. The van der Waals surface area contributed by atoms with Crippen LogP contribution in [0.1, 0.15) is 46.1 Å². The van der Waals surface area contributed by atoms with E-state index in [4.69, 9.17) is 4.74 Å². The van der Waals surface area contributed by atoms with Gasteiger partial charge < -0.3 is 14.5 Å². The van der Waals surface area contributed by atoms with Crippen molar-refractivity contribution in [1.82, 2.24) is 14.3 Å². The van der Waals surface area contributed by atoms with Crippen LogP contribution in [0.5, 0.6) is 5.75 Å². The number of anilines is 2. The molecule has 2 heterocycles. The normalized spacial score (nSPS) is 15.0. The van der Waals surface area contributed by atoms with Gasteiger partial charge in [-0.3, -0.25) is 0 Å². The van der Waals surface area contributed by atoms with Gasteiger partial charge in [0.2, 0.25) is 0 Å². The molecule has 0 spiro atoms. The molecule has 2 aromatic carbocycles. The van der Waals surface area contributed by atoms with Gasteiger partial charge >= 0.3 is 5.69 Å². The molecule has 4 rings (SSSR count). The monoisotopic (exact) mass is 449 g/mol. The Morgan fingerprint density at radius 2 is 1.42 bits per heavy atom. The van der Waals surface area contributed by atoms with Crippen molar-refractivity contribution in [3.63, 3.8) is 0 Å². The molecule has 1 atom stereocenters. The minimum atomic E-state index is -0.0903. The molecule has 0 aliphatic carbocycles. The van der Waals surface area contributed by atoms with Crippen LogP contribution in [-0.2, 0) is 0 Å². The quantitative estimate of drug-likeness (QED) is 0.450. The Balaban J connectivity index is 1.35. The molecule has 1 unspecified atom stereocenters. The highest BCUT2D eigenvalue weighted by atomic mass is 16.5. The fraction of sp³-hybridized carbons (Fsp3) is 0.462. The van der Waals surface area contributed by atoms with Gasteiger partial charge in [0.05, 0.1) is 18.3 Å². The van der Waals surface area contributed by atoms with Crippen LogP contribution in [0.25, 0.3) is 5.69 Å². The average molecular weight is 450 g/mol. The highest BCUT2D eigenvalue weighted by Crippen LogP contribution is 2.24. The number of rotatable bonds is 9. The molecule has 1 fully saturated rings. The summed E-state index contributed by atoms with van der Waals surface area (Å²) in [6.07, 6.45) is 4.72. The fourth-order valence-corrected chi connectivity index (χ4v) is 4.10. The summed E-state index contributed by atoms with van der Waals surface area (Å²) >= 11 is 0. The van der Waals surface area contributed by atoms with Crippen LogP contribution in [0.15, 0.2) is 59.7 Å². The topological polar surface area (TPSA) is 55.5 Å². The predicted octanol–water partition coefficient (Wildman–Crippen LogP) is 4.51. The number of benzene rings is 2. The van der Waals surface area contributed by atoms with Crippen molar-refractivity contribution >= 4 is 11.4 Å². The third kappa shape index (κ3) is 5.24. The van der Waals surface area contributed by atoms with E-state index in [-0.39, 0.29) is 11.7 Å². The Kier molecular flexibility index (Phi) is 7.37. The highest BCUT2D eigenvalue weighted by Gasteiger charge is 2.18. The summed E-state index contributed by atoms with van der Waals surface area (Å²) < 4.78 is 8.95. The van der Waals surface area contributed by atoms with Gasteiger partial charge in [-0.05, 0) is 68.3 Å². The predicted molar refractivity (Wildman–Crippen MR) is 134 cm³/mol. The molecule has 1 aromatic heterocycles. The molecule has 1 saturated heterocycles. The zero-order chi connectivity index (χ0) is 23.2. The van der Waals surface area contributed by atoms with Gasteiger partial charge in [0.25, 0.3) is 0 Å². The zero-order valence-corrected chi connectivity index (χ0v) is 20.0. The maximum atomic E-state index is 12.7. The highest BCUT2D eigenvalue weighted by molar-refractivity contribution is 5.54. The molecule has 7 nitrogen and oxygen atoms in total. The summed E-state index contributed by atoms with van der Waals surface area (Å²) in [6, 6.07) is 16.8. The summed E-state index contributed by atoms with van der Waals surface area (Å²) in [5, 5.41) is 4.28. The number of nitrogens with zero attached hydrogens (tertiary/aromatic N) is 5. The molecule has 0 bridgehead atoms. The van der Waals surface area contributed by atoms with E-state index >= 15 is 0 Å². The van der Waals surface area contributed by atoms with E-state index in [9.17, 15) is 4.79 Å². The van der Waals surface area contributed by atoms with Gasteiger partial charge in [-0.25, -0.2) is 14.0 Å². The maximum absolute atomic E-state index is 12.7. The summed E-state index contributed by atoms with van der Waals surface area (Å²) in [6.45, 7) is 10.9. The van der Waals surface area contributed by atoms with Crippen LogP contribution in [0.2, 0.25) is 0 Å². The van der Waals surface area contributed by atoms with Crippen LogP contribution in [0.3, 0.4) is 0 Å². The number of piperazine rings is 1. The lowest BCUT2D eigenvalue weighted by atomic mass is 10.2. The molecule has 0 amide bonds. The van der Waals surface area contributed by atoms with Crippen molar-refractivity contribution in [3.05, 3.63) is 65.3 Å². The van der Waals surface area contributed by atoms with Gasteiger partial charge in [0.1, 0.15) is 12.1 Å². The Morgan fingerprint density at radius 1 is 0.879 bits per heavy atom. The molecule has 0 N–H and O–H groups in total. The Morgan fingerprint density at radius 3 is 1.97 bits per heavy atom. The van der Waals surface area contributed by atoms with Crippen LogP contribution < -0.4 is 20.2 Å². The number of hydrogen-bond acceptors (Lipinski definition) is 5. The molecule has 7 heteroatoms. The zero-order valence-electron chi connectivity index (χ0n) is 20.0. The van der Waals surface area contributed by atoms with E-state index in [0.29, 0.717) is 0 Å². The van der Waals surface area contributed by atoms with Crippen molar-refractivity contribution in [2.75, 3.05) is 42.6 Å². The molecule has 3 aromatic rings. The van der Waals surface area contributed by atoms with E-state index in [1.807, 2.05) is 19.1 Å². The van der Waals surface area contributed by atoms with Gasteiger partial charge in [-0.15, -0.1) is 0 Å². The Hall–Kier alpha value is -3.22. The minimum absolute atomic E-state index is 0.0903. The van der Waals surface area contributed by atoms with E-state index in [1.54, 1.807) is 15.6 Å². The van der Waals surface area contributed by atoms with E-state index in [0.717, 1.165) is 63.5 Å². The molecule has 0 radical (unpaired) electrons. The summed E-state index contributed by atoms with van der Waals surface area (Å²) in [4.78, 5) is 17.5. The molecular formula is C26H35N5O2. The average Bonchev–Trinajstić information content (AvgIpc) is 3.25. The maximum Gasteiger partial charge on any atom is 0.350 e. The molecule has 0 saturated carbocycles. The molecule has 1 aliphatic heterocycles. The van der Waals surface area contributed by atoms with Crippen LogP contribution in [0, 0.1) is 0 Å². The lowest BCUT2D eigenvalue weighted by Gasteiger charge is -2.37. The summed E-state index contributed by atoms with van der Waals surface area (Å²) in [5.41, 5.74) is 3.18. The molecule has 1 aliphatic rings. The van der Waals surface area contributed by atoms with Crippen molar-refractivity contribution in [3.8, 4) is 11.4 Å². The fourth-order valence-electron chi connectivity index (χ4n) is 4.10. The Bertz CT molecular complexity index is 1060. The van der Waals surface area contributed by atoms with Crippen LogP contribution in [0.4, 0.5) is 11.4 Å². The lowest BCUT2D eigenvalue weighted by Crippen LogP contribution is -2.46. The lowest BCUT2D eigenvalue weighted by molar-refractivity contribution is 0.309. The standard InChI is InChI=1S/C26H35N5O2/c1-4-6-19-33-25-13-11-23(12-14-25)29-17-15-28(16-18-29)22-7-9-24(10-8-22)30-20-27-31(26(30)32)21(3)5-2/h7-14,20-21H,4-6,15-19H2,1-3H3. The van der Waals surface area contributed by atoms with Crippen LogP contribution >= 0.6 is 0 Å². The second-order valence-corrected chi connectivity index (χ2v) is 8.67. The van der Waals surface area contributed by atoms with Crippen molar-refractivity contribution in [2.45, 2.75) is 46.1 Å². The van der Waals surface area contributed by atoms with Crippen molar-refractivity contribution < 1.29 is 4.74 Å². The smallest absolute Gasteiger partial charge is 0.350 e. The first-order chi connectivity index (χ1) is 16.1. The third-order valence-electron chi connectivity index (χ3n) is 6.44. The van der Waals surface area contributed by atoms with Crippen molar-refractivity contribution in [2.24, 2.45) is 0 Å². The first-order valence-corrected chi connectivity index (χ1v) is 12.1. The number of unbranched alkanes of at least 4 members (excludes halogenated alkanes) is 1. The van der Waals surface area contributed by atoms with E-state index < -0.39 is 0 Å². The molecular weight excluding hydrogens is 414 g/mol. The minimum Gasteiger partial charge on any atom is -0.494 e. The first kappa shape index (κ1) is 23.0. The number of hydrogen-bond donors (Lipinski definition) is 0. The summed E-state index contributed by atoms with van der Waals surface area (Å²) in [7, 11) is 0. The molecule has 176 valence electrons. The second kappa shape index (κ2) is 10.6. The SMILES string of the molecule is CCCCOc1ccc(N2CCN(c3ccc(-n4cnn(C(C)CC)c4=O)cc3)CC2)cc1.